The molecular formula is C13H8BrFN2O. The Hall–Kier alpha value is -1.88. The standard InChI is InChI=1S/C13H8BrFN2O/c14-7-1-3-9(10(15)5-7)13-17-11-4-2-8(16)6-12(11)18-13/h1-6H,16H2. The number of oxazole rings is 1. The Morgan fingerprint density at radius 2 is 2.00 bits per heavy atom. The van der Waals surface area contributed by atoms with Gasteiger partial charge in [0, 0.05) is 16.2 Å². The normalized spacial score (nSPS) is 11.0. The maximum absolute atomic E-state index is 13.8. The summed E-state index contributed by atoms with van der Waals surface area (Å²) in [6, 6.07) is 9.87. The van der Waals surface area contributed by atoms with Crippen LogP contribution in [0.5, 0.6) is 0 Å². The smallest absolute Gasteiger partial charge is 0.230 e. The first kappa shape index (κ1) is 11.2. The molecule has 0 saturated heterocycles. The van der Waals surface area contributed by atoms with Crippen LogP contribution in [0.1, 0.15) is 0 Å². The van der Waals surface area contributed by atoms with E-state index in [4.69, 9.17) is 10.2 Å². The van der Waals surface area contributed by atoms with Crippen LogP contribution in [0, 0.1) is 5.82 Å². The van der Waals surface area contributed by atoms with E-state index >= 15 is 0 Å². The lowest BCUT2D eigenvalue weighted by Gasteiger charge is -1.97. The van der Waals surface area contributed by atoms with Crippen LogP contribution in [-0.2, 0) is 0 Å². The Morgan fingerprint density at radius 1 is 1.17 bits per heavy atom. The van der Waals surface area contributed by atoms with Crippen molar-refractivity contribution in [1.82, 2.24) is 4.98 Å². The van der Waals surface area contributed by atoms with Crippen LogP contribution in [0.25, 0.3) is 22.6 Å². The molecule has 0 bridgehead atoms. The van der Waals surface area contributed by atoms with Crippen LogP contribution in [-0.4, -0.2) is 4.98 Å². The summed E-state index contributed by atoms with van der Waals surface area (Å²) in [7, 11) is 0. The molecule has 0 unspecified atom stereocenters. The van der Waals surface area contributed by atoms with Gasteiger partial charge in [0.05, 0.1) is 5.56 Å². The topological polar surface area (TPSA) is 52.0 Å². The van der Waals surface area contributed by atoms with Gasteiger partial charge in [0.2, 0.25) is 5.89 Å². The zero-order valence-electron chi connectivity index (χ0n) is 9.15. The molecule has 1 heterocycles. The minimum Gasteiger partial charge on any atom is -0.436 e. The molecular weight excluding hydrogens is 299 g/mol. The van der Waals surface area contributed by atoms with Crippen molar-refractivity contribution in [3.63, 3.8) is 0 Å². The number of rotatable bonds is 1. The molecule has 2 aromatic carbocycles. The quantitative estimate of drug-likeness (QED) is 0.692. The van der Waals surface area contributed by atoms with Crippen molar-refractivity contribution in [3.05, 3.63) is 46.7 Å². The average molecular weight is 307 g/mol. The highest BCUT2D eigenvalue weighted by molar-refractivity contribution is 9.10. The van der Waals surface area contributed by atoms with Crippen LogP contribution in [0.15, 0.2) is 45.3 Å². The highest BCUT2D eigenvalue weighted by Gasteiger charge is 2.12. The van der Waals surface area contributed by atoms with Gasteiger partial charge in [-0.05, 0) is 30.3 Å². The monoisotopic (exact) mass is 306 g/mol. The summed E-state index contributed by atoms with van der Waals surface area (Å²) in [6.07, 6.45) is 0. The minimum absolute atomic E-state index is 0.251. The predicted octanol–water partition coefficient (Wildman–Crippen LogP) is 3.98. The Balaban J connectivity index is 2.19. The van der Waals surface area contributed by atoms with Gasteiger partial charge < -0.3 is 10.2 Å². The molecule has 18 heavy (non-hydrogen) atoms. The highest BCUT2D eigenvalue weighted by atomic mass is 79.9. The van der Waals surface area contributed by atoms with Gasteiger partial charge >= 0.3 is 0 Å². The summed E-state index contributed by atoms with van der Waals surface area (Å²) in [5, 5.41) is 0. The van der Waals surface area contributed by atoms with Crippen molar-refractivity contribution in [2.45, 2.75) is 0 Å². The Bertz CT molecular complexity index is 739. The molecule has 5 heteroatoms. The fraction of sp³-hybridized carbons (Fsp3) is 0. The van der Waals surface area contributed by atoms with Gasteiger partial charge in [0.15, 0.2) is 5.58 Å². The van der Waals surface area contributed by atoms with Crippen LogP contribution in [0.2, 0.25) is 0 Å². The number of halogens is 2. The second kappa shape index (κ2) is 4.10. The maximum Gasteiger partial charge on any atom is 0.230 e. The molecule has 90 valence electrons. The number of nitrogens with zero attached hydrogens (tertiary/aromatic N) is 1. The van der Waals surface area contributed by atoms with E-state index in [2.05, 4.69) is 20.9 Å². The van der Waals surface area contributed by atoms with Gasteiger partial charge in [-0.3, -0.25) is 0 Å². The Labute approximate surface area is 111 Å². The molecule has 2 N–H and O–H groups in total. The summed E-state index contributed by atoms with van der Waals surface area (Å²) in [4.78, 5) is 4.24. The van der Waals surface area contributed by atoms with Gasteiger partial charge in [-0.2, -0.15) is 0 Å². The van der Waals surface area contributed by atoms with E-state index in [1.54, 1.807) is 30.3 Å². The van der Waals surface area contributed by atoms with E-state index in [0.717, 1.165) is 0 Å². The number of benzene rings is 2. The van der Waals surface area contributed by atoms with Crippen molar-refractivity contribution in [2.24, 2.45) is 0 Å². The van der Waals surface area contributed by atoms with Gasteiger partial charge in [-0.1, -0.05) is 15.9 Å². The summed E-state index contributed by atoms with van der Waals surface area (Å²) in [6.45, 7) is 0. The summed E-state index contributed by atoms with van der Waals surface area (Å²) in [5.41, 5.74) is 7.77. The minimum atomic E-state index is -0.385. The van der Waals surface area contributed by atoms with E-state index < -0.39 is 0 Å². The van der Waals surface area contributed by atoms with Crippen molar-refractivity contribution in [2.75, 3.05) is 5.73 Å². The number of hydrogen-bond donors (Lipinski definition) is 1. The lowest BCUT2D eigenvalue weighted by atomic mass is 10.2. The van der Waals surface area contributed by atoms with Gasteiger partial charge in [-0.25, -0.2) is 9.37 Å². The summed E-state index contributed by atoms with van der Waals surface area (Å²) >= 11 is 3.21. The molecule has 0 atom stereocenters. The molecule has 0 spiro atoms. The lowest BCUT2D eigenvalue weighted by Crippen LogP contribution is -1.83. The van der Waals surface area contributed by atoms with Crippen molar-refractivity contribution in [1.29, 1.82) is 0 Å². The van der Waals surface area contributed by atoms with E-state index in [1.807, 2.05) is 0 Å². The predicted molar refractivity (Wildman–Crippen MR) is 71.5 cm³/mol. The van der Waals surface area contributed by atoms with Crippen molar-refractivity contribution < 1.29 is 8.81 Å². The number of nitrogens with two attached hydrogens (primary N) is 1. The van der Waals surface area contributed by atoms with Crippen LogP contribution >= 0.6 is 15.9 Å². The van der Waals surface area contributed by atoms with E-state index in [-0.39, 0.29) is 11.7 Å². The van der Waals surface area contributed by atoms with E-state index in [0.29, 0.717) is 26.8 Å². The zero-order valence-corrected chi connectivity index (χ0v) is 10.7. The molecule has 0 aliphatic carbocycles. The average Bonchev–Trinajstić information content (AvgIpc) is 2.71. The summed E-state index contributed by atoms with van der Waals surface area (Å²) < 4.78 is 20.0. The lowest BCUT2D eigenvalue weighted by molar-refractivity contribution is 0.593. The van der Waals surface area contributed by atoms with Crippen LogP contribution in [0.3, 0.4) is 0 Å². The molecule has 0 aliphatic heterocycles. The Morgan fingerprint density at radius 3 is 2.78 bits per heavy atom. The molecule has 3 rings (SSSR count). The van der Waals surface area contributed by atoms with Crippen LogP contribution < -0.4 is 5.73 Å². The third-order valence-electron chi connectivity index (χ3n) is 2.57. The van der Waals surface area contributed by atoms with Crippen molar-refractivity contribution >= 4 is 32.7 Å². The second-order valence-corrected chi connectivity index (χ2v) is 4.79. The van der Waals surface area contributed by atoms with Gasteiger partial charge in [0.1, 0.15) is 11.3 Å². The number of anilines is 1. The number of nitrogen functional groups attached to an aromatic ring is 1. The van der Waals surface area contributed by atoms with E-state index in [1.165, 1.54) is 6.07 Å². The first-order valence-electron chi connectivity index (χ1n) is 5.25. The fourth-order valence-electron chi connectivity index (χ4n) is 1.72. The SMILES string of the molecule is Nc1ccc2nc(-c3ccc(Br)cc3F)oc2c1. The zero-order chi connectivity index (χ0) is 12.7. The Kier molecular flexibility index (Phi) is 2.56. The molecule has 1 aromatic heterocycles. The molecule has 0 radical (unpaired) electrons. The van der Waals surface area contributed by atoms with Crippen molar-refractivity contribution in [3.8, 4) is 11.5 Å². The number of hydrogen-bond acceptors (Lipinski definition) is 3. The van der Waals surface area contributed by atoms with Gasteiger partial charge in [-0.15, -0.1) is 0 Å². The number of aromatic nitrogens is 1. The highest BCUT2D eigenvalue weighted by Crippen LogP contribution is 2.28. The third kappa shape index (κ3) is 1.86. The molecule has 0 amide bonds. The molecule has 3 nitrogen and oxygen atoms in total. The first-order chi connectivity index (χ1) is 8.63. The maximum atomic E-state index is 13.8. The molecule has 0 fully saturated rings. The van der Waals surface area contributed by atoms with E-state index in [9.17, 15) is 4.39 Å². The first-order valence-corrected chi connectivity index (χ1v) is 6.04. The summed E-state index contributed by atoms with van der Waals surface area (Å²) in [5.74, 6) is -0.135. The number of fused-ring (bicyclic) bond motifs is 1. The van der Waals surface area contributed by atoms with Gasteiger partial charge in [0.25, 0.3) is 0 Å². The molecule has 3 aromatic rings. The van der Waals surface area contributed by atoms with Crippen LogP contribution in [0.4, 0.5) is 10.1 Å². The largest absolute Gasteiger partial charge is 0.436 e. The molecule has 0 aliphatic rings. The fourth-order valence-corrected chi connectivity index (χ4v) is 2.05. The third-order valence-corrected chi connectivity index (χ3v) is 3.07. The molecule has 0 saturated carbocycles. The second-order valence-electron chi connectivity index (χ2n) is 3.87.